The first-order chi connectivity index (χ1) is 7.18. The SMILES string of the molecule is O=C1N[C@H](c2cccc(F)c2Br)CCO1. The van der Waals surface area contributed by atoms with Crippen molar-refractivity contribution in [1.29, 1.82) is 0 Å². The van der Waals surface area contributed by atoms with Crippen LogP contribution in [0.4, 0.5) is 9.18 Å². The number of carbonyl (C=O) groups is 1. The highest BCUT2D eigenvalue weighted by molar-refractivity contribution is 9.10. The van der Waals surface area contributed by atoms with E-state index in [0.717, 1.165) is 5.56 Å². The van der Waals surface area contributed by atoms with E-state index < -0.39 is 6.09 Å². The molecule has 0 spiro atoms. The van der Waals surface area contributed by atoms with Gasteiger partial charge in [-0.3, -0.25) is 0 Å². The topological polar surface area (TPSA) is 38.3 Å². The molecule has 0 bridgehead atoms. The summed E-state index contributed by atoms with van der Waals surface area (Å²) in [6.07, 6.45) is 0.191. The minimum Gasteiger partial charge on any atom is -0.449 e. The largest absolute Gasteiger partial charge is 0.449 e. The van der Waals surface area contributed by atoms with Crippen LogP contribution in [0.1, 0.15) is 18.0 Å². The van der Waals surface area contributed by atoms with E-state index in [1.165, 1.54) is 6.07 Å². The number of cyclic esters (lactones) is 1. The molecule has 3 nitrogen and oxygen atoms in total. The maximum absolute atomic E-state index is 13.2. The summed E-state index contributed by atoms with van der Waals surface area (Å²) in [5.41, 5.74) is 0.742. The molecule has 1 amide bonds. The van der Waals surface area contributed by atoms with Gasteiger partial charge in [-0.2, -0.15) is 0 Å². The number of benzene rings is 1. The summed E-state index contributed by atoms with van der Waals surface area (Å²) in [6, 6.07) is 4.59. The number of amides is 1. The van der Waals surface area contributed by atoms with Gasteiger partial charge >= 0.3 is 6.09 Å². The first-order valence-electron chi connectivity index (χ1n) is 4.55. The average molecular weight is 274 g/mol. The third kappa shape index (κ3) is 2.12. The molecule has 1 atom stereocenters. The number of alkyl carbamates (subject to hydrolysis) is 1. The maximum atomic E-state index is 13.2. The van der Waals surface area contributed by atoms with Gasteiger partial charge in [-0.25, -0.2) is 9.18 Å². The van der Waals surface area contributed by atoms with Crippen LogP contribution in [0.3, 0.4) is 0 Å². The molecule has 1 aliphatic heterocycles. The third-order valence-electron chi connectivity index (χ3n) is 2.29. The van der Waals surface area contributed by atoms with Crippen LogP contribution in [-0.2, 0) is 4.74 Å². The van der Waals surface area contributed by atoms with Gasteiger partial charge in [0.2, 0.25) is 0 Å². The molecule has 0 aliphatic carbocycles. The third-order valence-corrected chi connectivity index (χ3v) is 3.13. The first-order valence-corrected chi connectivity index (χ1v) is 5.35. The minimum atomic E-state index is -0.456. The van der Waals surface area contributed by atoms with Crippen molar-refractivity contribution in [2.75, 3.05) is 6.61 Å². The summed E-state index contributed by atoms with van der Waals surface area (Å²) in [5.74, 6) is -0.326. The molecule has 1 saturated heterocycles. The number of ether oxygens (including phenoxy) is 1. The molecule has 5 heteroatoms. The van der Waals surface area contributed by atoms with Crippen LogP contribution >= 0.6 is 15.9 Å². The second-order valence-electron chi connectivity index (χ2n) is 3.26. The zero-order chi connectivity index (χ0) is 10.8. The lowest BCUT2D eigenvalue weighted by Crippen LogP contribution is -2.35. The fourth-order valence-electron chi connectivity index (χ4n) is 1.55. The smallest absolute Gasteiger partial charge is 0.407 e. The van der Waals surface area contributed by atoms with E-state index in [1.807, 2.05) is 0 Å². The van der Waals surface area contributed by atoms with E-state index in [9.17, 15) is 9.18 Å². The van der Waals surface area contributed by atoms with Gasteiger partial charge < -0.3 is 10.1 Å². The molecule has 1 aromatic carbocycles. The van der Waals surface area contributed by atoms with E-state index >= 15 is 0 Å². The van der Waals surface area contributed by atoms with Gasteiger partial charge in [0.25, 0.3) is 0 Å². The van der Waals surface area contributed by atoms with Crippen molar-refractivity contribution < 1.29 is 13.9 Å². The monoisotopic (exact) mass is 273 g/mol. The number of rotatable bonds is 1. The predicted molar refractivity (Wildman–Crippen MR) is 55.9 cm³/mol. The molecule has 0 saturated carbocycles. The summed E-state index contributed by atoms with van der Waals surface area (Å²) in [7, 11) is 0. The van der Waals surface area contributed by atoms with Gasteiger partial charge in [-0.1, -0.05) is 12.1 Å². The van der Waals surface area contributed by atoms with Crippen molar-refractivity contribution in [2.45, 2.75) is 12.5 Å². The molecule has 1 heterocycles. The molecule has 15 heavy (non-hydrogen) atoms. The Morgan fingerprint density at radius 3 is 3.07 bits per heavy atom. The van der Waals surface area contributed by atoms with Crippen molar-refractivity contribution >= 4 is 22.0 Å². The Bertz CT molecular complexity index is 397. The van der Waals surface area contributed by atoms with Gasteiger partial charge in [0, 0.05) is 6.42 Å². The minimum absolute atomic E-state index is 0.184. The van der Waals surface area contributed by atoms with Crippen LogP contribution in [0.25, 0.3) is 0 Å². The Balaban J connectivity index is 2.28. The quantitative estimate of drug-likeness (QED) is 0.855. The summed E-state index contributed by atoms with van der Waals surface area (Å²) >= 11 is 3.17. The van der Waals surface area contributed by atoms with E-state index in [-0.39, 0.29) is 11.9 Å². The molecule has 80 valence electrons. The van der Waals surface area contributed by atoms with Gasteiger partial charge in [-0.15, -0.1) is 0 Å². The van der Waals surface area contributed by atoms with E-state index in [0.29, 0.717) is 17.5 Å². The maximum Gasteiger partial charge on any atom is 0.407 e. The van der Waals surface area contributed by atoms with Gasteiger partial charge in [0.15, 0.2) is 0 Å². The first kappa shape index (κ1) is 10.4. The Labute approximate surface area is 94.7 Å². The Morgan fingerprint density at radius 2 is 2.33 bits per heavy atom. The zero-order valence-corrected chi connectivity index (χ0v) is 9.38. The average Bonchev–Trinajstić information content (AvgIpc) is 2.22. The van der Waals surface area contributed by atoms with Crippen molar-refractivity contribution in [3.05, 3.63) is 34.1 Å². The summed E-state index contributed by atoms with van der Waals surface area (Å²) in [6.45, 7) is 0.361. The van der Waals surface area contributed by atoms with Crippen molar-refractivity contribution in [3.63, 3.8) is 0 Å². The van der Waals surface area contributed by atoms with Crippen LogP contribution in [-0.4, -0.2) is 12.7 Å². The number of carbonyl (C=O) groups excluding carboxylic acids is 1. The van der Waals surface area contributed by atoms with Crippen molar-refractivity contribution in [1.82, 2.24) is 5.32 Å². The van der Waals surface area contributed by atoms with E-state index in [2.05, 4.69) is 21.2 Å². The summed E-state index contributed by atoms with van der Waals surface area (Å²) in [5, 5.41) is 2.64. The zero-order valence-electron chi connectivity index (χ0n) is 7.80. The molecule has 0 unspecified atom stereocenters. The van der Waals surface area contributed by atoms with Crippen molar-refractivity contribution in [3.8, 4) is 0 Å². The van der Waals surface area contributed by atoms with Crippen molar-refractivity contribution in [2.24, 2.45) is 0 Å². The fraction of sp³-hybridized carbons (Fsp3) is 0.300. The summed E-state index contributed by atoms with van der Waals surface area (Å²) in [4.78, 5) is 11.0. The molecular formula is C10H9BrFNO2. The lowest BCUT2D eigenvalue weighted by molar-refractivity contribution is 0.115. The normalized spacial score (nSPS) is 20.7. The van der Waals surface area contributed by atoms with E-state index in [4.69, 9.17) is 4.74 Å². The number of nitrogens with one attached hydrogen (secondary N) is 1. The highest BCUT2D eigenvalue weighted by atomic mass is 79.9. The van der Waals surface area contributed by atoms with Crippen LogP contribution in [0.5, 0.6) is 0 Å². The lowest BCUT2D eigenvalue weighted by atomic mass is 10.0. The number of hydrogen-bond acceptors (Lipinski definition) is 2. The number of hydrogen-bond donors (Lipinski definition) is 1. The van der Waals surface area contributed by atoms with Crippen LogP contribution in [0, 0.1) is 5.82 Å². The Morgan fingerprint density at radius 1 is 1.53 bits per heavy atom. The summed E-state index contributed by atoms with van der Waals surface area (Å²) < 4.78 is 18.4. The lowest BCUT2D eigenvalue weighted by Gasteiger charge is -2.24. The van der Waals surface area contributed by atoms with Crippen LogP contribution < -0.4 is 5.32 Å². The molecule has 0 aromatic heterocycles. The Kier molecular flexibility index (Phi) is 2.90. The molecule has 1 aliphatic rings. The highest BCUT2D eigenvalue weighted by Crippen LogP contribution is 2.29. The van der Waals surface area contributed by atoms with Crippen LogP contribution in [0.15, 0.2) is 22.7 Å². The molecule has 2 rings (SSSR count). The Hall–Kier alpha value is -1.10. The van der Waals surface area contributed by atoms with Gasteiger partial charge in [0.1, 0.15) is 5.82 Å². The molecule has 0 radical (unpaired) electrons. The van der Waals surface area contributed by atoms with Crippen LogP contribution in [0.2, 0.25) is 0 Å². The predicted octanol–water partition coefficient (Wildman–Crippen LogP) is 2.76. The number of halogens is 2. The molecule has 1 fully saturated rings. The second kappa shape index (κ2) is 4.18. The second-order valence-corrected chi connectivity index (χ2v) is 4.06. The molecular weight excluding hydrogens is 265 g/mol. The highest BCUT2D eigenvalue weighted by Gasteiger charge is 2.23. The fourth-order valence-corrected chi connectivity index (χ4v) is 2.09. The molecule has 1 N–H and O–H groups in total. The van der Waals surface area contributed by atoms with Gasteiger partial charge in [0.05, 0.1) is 17.1 Å². The van der Waals surface area contributed by atoms with Gasteiger partial charge in [-0.05, 0) is 27.6 Å². The molecule has 1 aromatic rings. The van der Waals surface area contributed by atoms with E-state index in [1.54, 1.807) is 12.1 Å². The standard InChI is InChI=1S/C10H9BrFNO2/c11-9-6(2-1-3-7(9)12)8-4-5-15-10(14)13-8/h1-3,8H,4-5H2,(H,13,14)/t8-/m0/s1.